The molecule has 0 radical (unpaired) electrons. The number of hydrogen-bond donors (Lipinski definition) is 0. The van der Waals surface area contributed by atoms with Gasteiger partial charge in [-0.15, -0.1) is 0 Å². The van der Waals surface area contributed by atoms with Crippen molar-refractivity contribution >= 4 is 11.7 Å². The molecule has 1 amide bonds. The molecule has 2 rings (SSSR count). The normalized spacial score (nSPS) is 19.8. The third kappa shape index (κ3) is 2.54. The van der Waals surface area contributed by atoms with E-state index in [1.807, 2.05) is 38.1 Å². The van der Waals surface area contributed by atoms with Crippen molar-refractivity contribution < 1.29 is 9.59 Å². The molecule has 0 saturated carbocycles. The number of likely N-dealkylation sites (tertiary alicyclic amines) is 1. The summed E-state index contributed by atoms with van der Waals surface area (Å²) < 4.78 is 0. The molecule has 3 heteroatoms. The van der Waals surface area contributed by atoms with Crippen LogP contribution in [0.15, 0.2) is 24.3 Å². The lowest BCUT2D eigenvalue weighted by molar-refractivity contribution is -0.127. The number of nitrogens with zero attached hydrogens (tertiary/aromatic N) is 1. The smallest absolute Gasteiger partial charge is 0.223 e. The topological polar surface area (TPSA) is 37.4 Å². The van der Waals surface area contributed by atoms with E-state index in [0.29, 0.717) is 18.9 Å². The molecule has 1 atom stereocenters. The van der Waals surface area contributed by atoms with E-state index in [-0.39, 0.29) is 18.2 Å². The highest BCUT2D eigenvalue weighted by atomic mass is 16.2. The fraction of sp³-hybridized carbons (Fsp3) is 0.429. The molecule has 0 aromatic heterocycles. The summed E-state index contributed by atoms with van der Waals surface area (Å²) in [5, 5.41) is 0. The van der Waals surface area contributed by atoms with Crippen LogP contribution in [0.1, 0.15) is 29.3 Å². The number of ketones is 1. The second-order valence-corrected chi connectivity index (χ2v) is 4.82. The highest BCUT2D eigenvalue weighted by Crippen LogP contribution is 2.17. The van der Waals surface area contributed by atoms with Gasteiger partial charge in [-0.05, 0) is 18.4 Å². The van der Waals surface area contributed by atoms with Crippen LogP contribution in [0.25, 0.3) is 0 Å². The SMILES string of the molecule is Cc1ccccc1C(=O)CN1CC(C)CC1=O. The van der Waals surface area contributed by atoms with Gasteiger partial charge in [-0.3, -0.25) is 9.59 Å². The predicted octanol–water partition coefficient (Wildman–Crippen LogP) is 2.05. The van der Waals surface area contributed by atoms with Gasteiger partial charge in [-0.2, -0.15) is 0 Å². The van der Waals surface area contributed by atoms with Crippen molar-refractivity contribution in [3.8, 4) is 0 Å². The van der Waals surface area contributed by atoms with Gasteiger partial charge in [0, 0.05) is 18.5 Å². The molecule has 17 heavy (non-hydrogen) atoms. The van der Waals surface area contributed by atoms with Gasteiger partial charge in [-0.25, -0.2) is 0 Å². The summed E-state index contributed by atoms with van der Waals surface area (Å²) >= 11 is 0. The monoisotopic (exact) mass is 231 g/mol. The van der Waals surface area contributed by atoms with Crippen molar-refractivity contribution in [2.75, 3.05) is 13.1 Å². The maximum Gasteiger partial charge on any atom is 0.223 e. The van der Waals surface area contributed by atoms with Crippen LogP contribution >= 0.6 is 0 Å². The summed E-state index contributed by atoms with van der Waals surface area (Å²) in [6.45, 7) is 4.88. The maximum atomic E-state index is 12.1. The molecule has 1 aliphatic heterocycles. The molecule has 1 aromatic rings. The number of benzene rings is 1. The van der Waals surface area contributed by atoms with Crippen molar-refractivity contribution in [2.24, 2.45) is 5.92 Å². The average Bonchev–Trinajstić information content (AvgIpc) is 2.58. The quantitative estimate of drug-likeness (QED) is 0.747. The molecule has 1 aromatic carbocycles. The van der Waals surface area contributed by atoms with Gasteiger partial charge in [-0.1, -0.05) is 31.2 Å². The van der Waals surface area contributed by atoms with Crippen LogP contribution in [0.4, 0.5) is 0 Å². The van der Waals surface area contributed by atoms with E-state index < -0.39 is 0 Å². The third-order valence-electron chi connectivity index (χ3n) is 3.19. The standard InChI is InChI=1S/C14H17NO2/c1-10-7-14(17)15(8-10)9-13(16)12-6-4-3-5-11(12)2/h3-6,10H,7-9H2,1-2H3. The molecule has 1 aliphatic rings. The van der Waals surface area contributed by atoms with E-state index in [0.717, 1.165) is 11.1 Å². The minimum atomic E-state index is 0.0329. The van der Waals surface area contributed by atoms with Gasteiger partial charge in [0.05, 0.1) is 6.54 Å². The van der Waals surface area contributed by atoms with Gasteiger partial charge < -0.3 is 4.90 Å². The zero-order chi connectivity index (χ0) is 12.4. The Morgan fingerprint density at radius 3 is 2.71 bits per heavy atom. The first-order valence-electron chi connectivity index (χ1n) is 5.94. The fourth-order valence-corrected chi connectivity index (χ4v) is 2.27. The summed E-state index contributed by atoms with van der Waals surface area (Å²) in [5.74, 6) is 0.497. The number of Topliss-reactive ketones (excluding diaryl/α,β-unsaturated/α-hetero) is 1. The lowest BCUT2D eigenvalue weighted by atomic mass is 10.0. The van der Waals surface area contributed by atoms with Crippen LogP contribution in [-0.2, 0) is 4.79 Å². The van der Waals surface area contributed by atoms with Gasteiger partial charge in [0.15, 0.2) is 5.78 Å². The molecule has 1 saturated heterocycles. The van der Waals surface area contributed by atoms with E-state index in [1.54, 1.807) is 4.90 Å². The maximum absolute atomic E-state index is 12.1. The van der Waals surface area contributed by atoms with E-state index in [2.05, 4.69) is 0 Å². The molecule has 0 bridgehead atoms. The van der Waals surface area contributed by atoms with Crippen LogP contribution in [-0.4, -0.2) is 29.7 Å². The number of carbonyl (C=O) groups excluding carboxylic acids is 2. The number of aryl methyl sites for hydroxylation is 1. The Kier molecular flexibility index (Phi) is 3.27. The first kappa shape index (κ1) is 11.8. The van der Waals surface area contributed by atoms with E-state index in [9.17, 15) is 9.59 Å². The van der Waals surface area contributed by atoms with Crippen LogP contribution in [0, 0.1) is 12.8 Å². The average molecular weight is 231 g/mol. The molecular weight excluding hydrogens is 214 g/mol. The first-order valence-corrected chi connectivity index (χ1v) is 5.94. The molecule has 1 unspecified atom stereocenters. The fourth-order valence-electron chi connectivity index (χ4n) is 2.27. The molecule has 0 N–H and O–H groups in total. The Bertz CT molecular complexity index is 453. The lowest BCUT2D eigenvalue weighted by Crippen LogP contribution is -2.31. The number of carbonyl (C=O) groups is 2. The van der Waals surface area contributed by atoms with E-state index >= 15 is 0 Å². The lowest BCUT2D eigenvalue weighted by Gasteiger charge is -2.15. The Morgan fingerprint density at radius 1 is 1.41 bits per heavy atom. The van der Waals surface area contributed by atoms with E-state index in [4.69, 9.17) is 0 Å². The zero-order valence-electron chi connectivity index (χ0n) is 10.3. The molecule has 0 aliphatic carbocycles. The first-order chi connectivity index (χ1) is 8.08. The van der Waals surface area contributed by atoms with Gasteiger partial charge in [0.25, 0.3) is 0 Å². The van der Waals surface area contributed by atoms with Crippen molar-refractivity contribution in [3.05, 3.63) is 35.4 Å². The van der Waals surface area contributed by atoms with Crippen molar-refractivity contribution in [2.45, 2.75) is 20.3 Å². The molecular formula is C14H17NO2. The summed E-state index contributed by atoms with van der Waals surface area (Å²) in [6.07, 6.45) is 0.570. The number of rotatable bonds is 3. The summed E-state index contributed by atoms with van der Waals surface area (Å²) in [5.41, 5.74) is 1.69. The van der Waals surface area contributed by atoms with Crippen LogP contribution < -0.4 is 0 Å². The number of hydrogen-bond acceptors (Lipinski definition) is 2. The molecule has 1 heterocycles. The summed E-state index contributed by atoms with van der Waals surface area (Å²) in [6, 6.07) is 7.51. The van der Waals surface area contributed by atoms with Crippen molar-refractivity contribution in [1.29, 1.82) is 0 Å². The van der Waals surface area contributed by atoms with Crippen LogP contribution in [0.5, 0.6) is 0 Å². The molecule has 90 valence electrons. The molecule has 3 nitrogen and oxygen atoms in total. The Morgan fingerprint density at radius 2 is 2.12 bits per heavy atom. The zero-order valence-corrected chi connectivity index (χ0v) is 10.3. The van der Waals surface area contributed by atoms with Crippen LogP contribution in [0.2, 0.25) is 0 Å². The molecule has 0 spiro atoms. The van der Waals surface area contributed by atoms with Crippen molar-refractivity contribution in [1.82, 2.24) is 4.90 Å². The van der Waals surface area contributed by atoms with E-state index in [1.165, 1.54) is 0 Å². The Labute approximate surface area is 101 Å². The van der Waals surface area contributed by atoms with Gasteiger partial charge >= 0.3 is 0 Å². The predicted molar refractivity (Wildman–Crippen MR) is 65.9 cm³/mol. The van der Waals surface area contributed by atoms with Gasteiger partial charge in [0.2, 0.25) is 5.91 Å². The second kappa shape index (κ2) is 4.70. The summed E-state index contributed by atoms with van der Waals surface area (Å²) in [7, 11) is 0. The van der Waals surface area contributed by atoms with Crippen molar-refractivity contribution in [3.63, 3.8) is 0 Å². The Hall–Kier alpha value is -1.64. The molecule has 1 fully saturated rings. The second-order valence-electron chi connectivity index (χ2n) is 4.82. The highest BCUT2D eigenvalue weighted by Gasteiger charge is 2.28. The third-order valence-corrected chi connectivity index (χ3v) is 3.19. The van der Waals surface area contributed by atoms with Crippen LogP contribution in [0.3, 0.4) is 0 Å². The highest BCUT2D eigenvalue weighted by molar-refractivity contribution is 6.00. The minimum Gasteiger partial charge on any atom is -0.335 e. The Balaban J connectivity index is 2.08. The largest absolute Gasteiger partial charge is 0.335 e. The number of amides is 1. The minimum absolute atomic E-state index is 0.0329. The summed E-state index contributed by atoms with van der Waals surface area (Å²) in [4.78, 5) is 25.4. The van der Waals surface area contributed by atoms with Gasteiger partial charge in [0.1, 0.15) is 0 Å².